The minimum Gasteiger partial charge on any atom is -0.333 e. The van der Waals surface area contributed by atoms with Crippen LogP contribution in [0, 0.1) is 16.7 Å². The number of imidazole rings is 1. The molecule has 0 bridgehead atoms. The summed E-state index contributed by atoms with van der Waals surface area (Å²) < 4.78 is 1.93. The summed E-state index contributed by atoms with van der Waals surface area (Å²) in [6.45, 7) is 0. The van der Waals surface area contributed by atoms with Crippen LogP contribution in [0.25, 0.3) is 22.0 Å². The number of nitriles is 1. The van der Waals surface area contributed by atoms with Crippen LogP contribution in [-0.2, 0) is 11.8 Å². The second-order valence-corrected chi connectivity index (χ2v) is 7.78. The Morgan fingerprint density at radius 3 is 2.67 bits per heavy atom. The highest BCUT2D eigenvalue weighted by molar-refractivity contribution is 7.19. The summed E-state index contributed by atoms with van der Waals surface area (Å²) in [5.74, 6) is 0.546. The van der Waals surface area contributed by atoms with Crippen LogP contribution >= 0.6 is 11.3 Å². The maximum absolute atomic E-state index is 12.8. The Morgan fingerprint density at radius 2 is 2.04 bits per heavy atom. The molecule has 0 spiro atoms. The van der Waals surface area contributed by atoms with Crippen molar-refractivity contribution in [2.75, 3.05) is 5.32 Å². The van der Waals surface area contributed by atoms with E-state index in [-0.39, 0.29) is 5.91 Å². The number of aromatic nitrogens is 3. The summed E-state index contributed by atoms with van der Waals surface area (Å²) in [5, 5.41) is 12.9. The first kappa shape index (κ1) is 17.4. The van der Waals surface area contributed by atoms with Crippen molar-refractivity contribution in [2.45, 2.75) is 25.7 Å². The lowest BCUT2D eigenvalue weighted by Gasteiger charge is -2.17. The molecule has 0 unspecified atom stereocenters. The van der Waals surface area contributed by atoms with Crippen molar-refractivity contribution in [1.29, 1.82) is 5.26 Å². The molecule has 6 nitrogen and oxygen atoms in total. The highest BCUT2D eigenvalue weighted by atomic mass is 32.1. The zero-order valence-corrected chi connectivity index (χ0v) is 15.8. The summed E-state index contributed by atoms with van der Waals surface area (Å²) in [4.78, 5) is 22.8. The third kappa shape index (κ3) is 3.13. The number of amides is 1. The molecule has 136 valence electrons. The van der Waals surface area contributed by atoms with Crippen molar-refractivity contribution < 1.29 is 4.79 Å². The second-order valence-electron chi connectivity index (χ2n) is 6.78. The molecular formula is C20H19N5OS. The summed E-state index contributed by atoms with van der Waals surface area (Å²) in [6.07, 6.45) is 6.66. The van der Waals surface area contributed by atoms with Gasteiger partial charge < -0.3 is 9.88 Å². The van der Waals surface area contributed by atoms with Gasteiger partial charge in [-0.2, -0.15) is 5.26 Å². The van der Waals surface area contributed by atoms with Crippen LogP contribution in [0.15, 0.2) is 42.7 Å². The van der Waals surface area contributed by atoms with Crippen LogP contribution in [-0.4, -0.2) is 20.4 Å². The first-order valence-corrected chi connectivity index (χ1v) is 9.71. The Labute approximate surface area is 161 Å². The summed E-state index contributed by atoms with van der Waals surface area (Å²) in [7, 11) is 1.93. The zero-order chi connectivity index (χ0) is 18.9. The molecule has 2 aromatic heterocycles. The molecule has 1 aromatic carbocycles. The van der Waals surface area contributed by atoms with Crippen LogP contribution in [0.4, 0.5) is 5.13 Å². The van der Waals surface area contributed by atoms with Crippen molar-refractivity contribution in [3.05, 3.63) is 42.7 Å². The molecule has 1 aliphatic rings. The number of anilines is 1. The van der Waals surface area contributed by atoms with Gasteiger partial charge in [0.1, 0.15) is 5.41 Å². The molecule has 1 fully saturated rings. The van der Waals surface area contributed by atoms with Gasteiger partial charge in [0, 0.05) is 25.0 Å². The van der Waals surface area contributed by atoms with Gasteiger partial charge in [0.25, 0.3) is 0 Å². The standard InChI is InChI=1S/C20H19N5OS/c1-25-12-11-22-17(25)16-15(14-7-3-2-4-8-14)23-19(27-16)24-18(26)20(13-21)9-5-6-10-20/h2-4,7-8,11-12H,5-6,9-10H2,1H3,(H,23,24,26). The van der Waals surface area contributed by atoms with E-state index in [2.05, 4.69) is 21.4 Å². The third-order valence-corrected chi connectivity index (χ3v) is 5.99. The fraction of sp³-hybridized carbons (Fsp3) is 0.300. The lowest BCUT2D eigenvalue weighted by molar-refractivity contribution is -0.122. The lowest BCUT2D eigenvalue weighted by Crippen LogP contribution is -2.32. The molecule has 0 saturated heterocycles. The highest BCUT2D eigenvalue weighted by Crippen LogP contribution is 2.41. The number of aryl methyl sites for hydroxylation is 1. The molecule has 7 heteroatoms. The number of carbonyl (C=O) groups excluding carboxylic acids is 1. The Hall–Kier alpha value is -2.98. The number of benzene rings is 1. The van der Waals surface area contributed by atoms with E-state index in [9.17, 15) is 10.1 Å². The van der Waals surface area contributed by atoms with E-state index in [0.717, 1.165) is 34.8 Å². The van der Waals surface area contributed by atoms with Crippen LogP contribution in [0.5, 0.6) is 0 Å². The molecule has 0 radical (unpaired) electrons. The van der Waals surface area contributed by atoms with E-state index in [1.165, 1.54) is 11.3 Å². The summed E-state index contributed by atoms with van der Waals surface area (Å²) >= 11 is 1.39. The normalized spacial score (nSPS) is 15.4. The van der Waals surface area contributed by atoms with Gasteiger partial charge in [-0.3, -0.25) is 4.79 Å². The topological polar surface area (TPSA) is 83.6 Å². The third-order valence-electron chi connectivity index (χ3n) is 5.02. The number of hydrogen-bond donors (Lipinski definition) is 1. The highest BCUT2D eigenvalue weighted by Gasteiger charge is 2.42. The van der Waals surface area contributed by atoms with Crippen molar-refractivity contribution in [3.63, 3.8) is 0 Å². The van der Waals surface area contributed by atoms with Crippen molar-refractivity contribution in [2.24, 2.45) is 12.5 Å². The van der Waals surface area contributed by atoms with Crippen LogP contribution < -0.4 is 5.32 Å². The lowest BCUT2D eigenvalue weighted by atomic mass is 9.87. The number of nitrogens with zero attached hydrogens (tertiary/aromatic N) is 4. The average molecular weight is 377 g/mol. The van der Waals surface area contributed by atoms with Crippen LogP contribution in [0.3, 0.4) is 0 Å². The van der Waals surface area contributed by atoms with E-state index in [4.69, 9.17) is 0 Å². The zero-order valence-electron chi connectivity index (χ0n) is 15.0. The maximum atomic E-state index is 12.8. The van der Waals surface area contributed by atoms with E-state index in [1.54, 1.807) is 6.20 Å². The Kier molecular flexibility index (Phi) is 4.50. The molecule has 1 N–H and O–H groups in total. The van der Waals surface area contributed by atoms with Crippen molar-refractivity contribution >= 4 is 22.4 Å². The monoisotopic (exact) mass is 377 g/mol. The van der Waals surface area contributed by atoms with Crippen molar-refractivity contribution in [3.8, 4) is 28.0 Å². The molecule has 0 aliphatic heterocycles. The molecule has 3 aromatic rings. The number of nitrogens with one attached hydrogen (secondary N) is 1. The van der Waals surface area contributed by atoms with Gasteiger partial charge in [-0.1, -0.05) is 54.5 Å². The van der Waals surface area contributed by atoms with Gasteiger partial charge in [0.05, 0.1) is 16.6 Å². The van der Waals surface area contributed by atoms with E-state index in [0.29, 0.717) is 18.0 Å². The molecule has 2 heterocycles. The average Bonchev–Trinajstić information content (AvgIpc) is 3.42. The Morgan fingerprint density at radius 1 is 1.30 bits per heavy atom. The molecular weight excluding hydrogens is 358 g/mol. The Balaban J connectivity index is 1.73. The van der Waals surface area contributed by atoms with Crippen LogP contribution in [0.2, 0.25) is 0 Å². The minimum atomic E-state index is -0.929. The van der Waals surface area contributed by atoms with E-state index < -0.39 is 5.41 Å². The first-order chi connectivity index (χ1) is 13.1. The van der Waals surface area contributed by atoms with Crippen LogP contribution in [0.1, 0.15) is 25.7 Å². The van der Waals surface area contributed by atoms with Gasteiger partial charge in [-0.25, -0.2) is 9.97 Å². The second kappa shape index (κ2) is 6.97. The maximum Gasteiger partial charge on any atom is 0.246 e. The van der Waals surface area contributed by atoms with Gasteiger partial charge >= 0.3 is 0 Å². The predicted octanol–water partition coefficient (Wildman–Crippen LogP) is 4.23. The number of rotatable bonds is 4. The number of carbonyl (C=O) groups is 1. The van der Waals surface area contributed by atoms with Crippen molar-refractivity contribution in [1.82, 2.24) is 14.5 Å². The summed E-state index contributed by atoms with van der Waals surface area (Å²) in [6, 6.07) is 12.1. The SMILES string of the molecule is Cn1ccnc1-c1sc(NC(=O)C2(C#N)CCCC2)nc1-c1ccccc1. The quantitative estimate of drug-likeness (QED) is 0.737. The number of thiazole rings is 1. The fourth-order valence-electron chi connectivity index (χ4n) is 3.49. The fourth-order valence-corrected chi connectivity index (χ4v) is 4.51. The van der Waals surface area contributed by atoms with Gasteiger partial charge in [0.2, 0.25) is 5.91 Å². The molecule has 4 rings (SSSR count). The predicted molar refractivity (Wildman–Crippen MR) is 105 cm³/mol. The van der Waals surface area contributed by atoms with Gasteiger partial charge in [-0.15, -0.1) is 0 Å². The largest absolute Gasteiger partial charge is 0.333 e. The first-order valence-electron chi connectivity index (χ1n) is 8.90. The van der Waals surface area contributed by atoms with E-state index in [1.807, 2.05) is 48.1 Å². The van der Waals surface area contributed by atoms with E-state index >= 15 is 0 Å². The molecule has 0 atom stereocenters. The minimum absolute atomic E-state index is 0.248. The summed E-state index contributed by atoms with van der Waals surface area (Å²) in [5.41, 5.74) is 0.813. The van der Waals surface area contributed by atoms with Gasteiger partial charge in [-0.05, 0) is 12.8 Å². The molecule has 1 amide bonds. The molecule has 1 saturated carbocycles. The Bertz CT molecular complexity index is 1010. The number of hydrogen-bond acceptors (Lipinski definition) is 5. The molecule has 1 aliphatic carbocycles. The smallest absolute Gasteiger partial charge is 0.246 e. The molecule has 27 heavy (non-hydrogen) atoms. The van der Waals surface area contributed by atoms with Gasteiger partial charge in [0.15, 0.2) is 11.0 Å².